The third kappa shape index (κ3) is 2.29. The van der Waals surface area contributed by atoms with Crippen molar-refractivity contribution in [2.75, 3.05) is 6.66 Å². The smallest absolute Gasteiger partial charge is 0.000897 e. The fourth-order valence-corrected chi connectivity index (χ4v) is 3.06. The van der Waals surface area contributed by atoms with E-state index in [-0.39, 0.29) is 0 Å². The molecular formula is C7H18P2S. The van der Waals surface area contributed by atoms with Gasteiger partial charge in [-0.3, -0.25) is 0 Å². The first-order valence-electron chi connectivity index (χ1n) is 3.55. The van der Waals surface area contributed by atoms with E-state index in [0.717, 1.165) is 0 Å². The van der Waals surface area contributed by atoms with Crippen molar-refractivity contribution < 1.29 is 0 Å². The monoisotopic (exact) mass is 196 g/mol. The van der Waals surface area contributed by atoms with Crippen molar-refractivity contribution in [2.24, 2.45) is 5.92 Å². The zero-order chi connectivity index (χ0) is 8.58. The summed E-state index contributed by atoms with van der Waals surface area (Å²) < 4.78 is 0. The van der Waals surface area contributed by atoms with Gasteiger partial charge in [0.1, 0.15) is 0 Å². The highest BCUT2D eigenvalue weighted by atomic mass is 32.6. The SMILES string of the molecule is CC(C)C(C)(C)P(C)(P)=S. The Labute approximate surface area is 72.3 Å². The Kier molecular flexibility index (Phi) is 3.56. The standard InChI is InChI=1S/C7H18P2S/c1-6(2)7(3,4)9(5,8)10/h6H,8H2,1-5H3. The zero-order valence-electron chi connectivity index (χ0n) is 7.51. The predicted molar refractivity (Wildman–Crippen MR) is 58.8 cm³/mol. The van der Waals surface area contributed by atoms with Crippen LogP contribution in [0.2, 0.25) is 0 Å². The van der Waals surface area contributed by atoms with Crippen LogP contribution in [0.1, 0.15) is 27.7 Å². The summed E-state index contributed by atoms with van der Waals surface area (Å²) in [6, 6.07) is 0. The molecule has 0 rings (SSSR count). The second kappa shape index (κ2) is 3.21. The summed E-state index contributed by atoms with van der Waals surface area (Å²) in [6.45, 7) is 11.2. The highest BCUT2D eigenvalue weighted by Gasteiger charge is 2.31. The first-order chi connectivity index (χ1) is 4.19. The second-order valence-corrected chi connectivity index (χ2v) is 13.4. The molecule has 0 aromatic carbocycles. The molecule has 2 atom stereocenters. The van der Waals surface area contributed by atoms with Crippen molar-refractivity contribution >= 4 is 26.5 Å². The van der Waals surface area contributed by atoms with Crippen LogP contribution in [0.4, 0.5) is 0 Å². The van der Waals surface area contributed by atoms with Crippen LogP contribution >= 0.6 is 14.7 Å². The molecular weight excluding hydrogens is 178 g/mol. The molecule has 0 bridgehead atoms. The number of hydrogen-bond donors (Lipinski definition) is 0. The van der Waals surface area contributed by atoms with Crippen LogP contribution in [-0.4, -0.2) is 11.8 Å². The summed E-state index contributed by atoms with van der Waals surface area (Å²) in [5.74, 6) is 0.681. The fraction of sp³-hybridized carbons (Fsp3) is 1.00. The van der Waals surface area contributed by atoms with Crippen molar-refractivity contribution in [3.05, 3.63) is 0 Å². The molecule has 0 heterocycles. The molecule has 0 aliphatic heterocycles. The number of rotatable bonds is 2. The molecule has 0 radical (unpaired) electrons. The summed E-state index contributed by atoms with van der Waals surface area (Å²) in [4.78, 5) is 0. The van der Waals surface area contributed by atoms with Gasteiger partial charge in [-0.1, -0.05) is 39.5 Å². The van der Waals surface area contributed by atoms with Crippen molar-refractivity contribution in [2.45, 2.75) is 32.9 Å². The molecule has 3 heteroatoms. The lowest BCUT2D eigenvalue weighted by atomic mass is 10.00. The van der Waals surface area contributed by atoms with E-state index in [0.29, 0.717) is 11.1 Å². The van der Waals surface area contributed by atoms with E-state index < -0.39 is 5.73 Å². The molecule has 62 valence electrons. The average Bonchev–Trinajstić information content (AvgIpc) is 1.62. The van der Waals surface area contributed by atoms with Crippen LogP contribution in [-0.2, 0) is 11.8 Å². The minimum absolute atomic E-state index is 0.326. The van der Waals surface area contributed by atoms with Crippen LogP contribution in [0.5, 0.6) is 0 Å². The predicted octanol–water partition coefficient (Wildman–Crippen LogP) is 3.32. The van der Waals surface area contributed by atoms with Crippen molar-refractivity contribution in [3.63, 3.8) is 0 Å². The largest absolute Gasteiger partial charge is 0.101 e. The highest BCUT2D eigenvalue weighted by molar-refractivity contribution is 8.43. The average molecular weight is 196 g/mol. The third-order valence-electron chi connectivity index (χ3n) is 2.56. The van der Waals surface area contributed by atoms with Gasteiger partial charge < -0.3 is 0 Å². The Hall–Kier alpha value is 1.08. The van der Waals surface area contributed by atoms with E-state index in [1.54, 1.807) is 0 Å². The second-order valence-electron chi connectivity index (χ2n) is 3.80. The van der Waals surface area contributed by atoms with E-state index in [2.05, 4.69) is 43.3 Å². The summed E-state index contributed by atoms with van der Waals surface area (Å²) in [5, 5.41) is 0.326. The molecule has 0 N–H and O–H groups in total. The molecule has 10 heavy (non-hydrogen) atoms. The van der Waals surface area contributed by atoms with Crippen LogP contribution in [0, 0.1) is 5.92 Å². The zero-order valence-corrected chi connectivity index (χ0v) is 10.4. The van der Waals surface area contributed by atoms with Gasteiger partial charge in [0.05, 0.1) is 0 Å². The molecule has 0 aromatic heterocycles. The first kappa shape index (κ1) is 11.1. The van der Waals surface area contributed by atoms with Crippen LogP contribution in [0.25, 0.3) is 0 Å². The highest BCUT2D eigenvalue weighted by Crippen LogP contribution is 2.64. The van der Waals surface area contributed by atoms with Crippen LogP contribution in [0.3, 0.4) is 0 Å². The maximum absolute atomic E-state index is 5.47. The van der Waals surface area contributed by atoms with E-state index in [4.69, 9.17) is 11.8 Å². The summed E-state index contributed by atoms with van der Waals surface area (Å²) >= 11 is 5.47. The molecule has 0 aliphatic carbocycles. The lowest BCUT2D eigenvalue weighted by molar-refractivity contribution is 0.498. The van der Waals surface area contributed by atoms with Gasteiger partial charge in [-0.05, 0) is 23.5 Å². The van der Waals surface area contributed by atoms with E-state index >= 15 is 0 Å². The van der Waals surface area contributed by atoms with E-state index in [1.807, 2.05) is 0 Å². The maximum atomic E-state index is 5.47. The lowest BCUT2D eigenvalue weighted by Gasteiger charge is -2.36. The van der Waals surface area contributed by atoms with E-state index in [1.165, 1.54) is 0 Å². The molecule has 2 unspecified atom stereocenters. The van der Waals surface area contributed by atoms with Crippen molar-refractivity contribution in [3.8, 4) is 0 Å². The summed E-state index contributed by atoms with van der Waals surface area (Å²) in [6.07, 6.45) is 0. The Morgan fingerprint density at radius 1 is 1.40 bits per heavy atom. The Morgan fingerprint density at radius 2 is 1.70 bits per heavy atom. The van der Waals surface area contributed by atoms with Crippen LogP contribution < -0.4 is 0 Å². The lowest BCUT2D eigenvalue weighted by Crippen LogP contribution is -2.24. The fourth-order valence-electron chi connectivity index (χ4n) is 0.513. The Bertz CT molecular complexity index is 155. The normalized spacial score (nSPS) is 19.1. The van der Waals surface area contributed by atoms with Gasteiger partial charge in [0, 0.05) is 0 Å². The first-order valence-corrected chi connectivity index (χ1v) is 8.42. The van der Waals surface area contributed by atoms with Crippen molar-refractivity contribution in [1.29, 1.82) is 0 Å². The molecule has 0 amide bonds. The summed E-state index contributed by atoms with van der Waals surface area (Å²) in [5.41, 5.74) is -1.17. The molecule has 0 saturated heterocycles. The van der Waals surface area contributed by atoms with Crippen molar-refractivity contribution in [1.82, 2.24) is 0 Å². The van der Waals surface area contributed by atoms with Gasteiger partial charge in [0.15, 0.2) is 0 Å². The van der Waals surface area contributed by atoms with E-state index in [9.17, 15) is 0 Å². The quantitative estimate of drug-likeness (QED) is 0.610. The minimum atomic E-state index is -1.17. The molecule has 0 saturated carbocycles. The van der Waals surface area contributed by atoms with Gasteiger partial charge in [-0.25, -0.2) is 0 Å². The minimum Gasteiger partial charge on any atom is -0.101 e. The number of hydrogen-bond acceptors (Lipinski definition) is 1. The molecule has 0 fully saturated rings. The maximum Gasteiger partial charge on any atom is -0.000897 e. The molecule has 0 aliphatic rings. The molecule has 0 spiro atoms. The molecule has 0 nitrogen and oxygen atoms in total. The van der Waals surface area contributed by atoms with Gasteiger partial charge in [0.2, 0.25) is 0 Å². The topological polar surface area (TPSA) is 0 Å². The third-order valence-corrected chi connectivity index (χ3v) is 8.77. The molecule has 0 aromatic rings. The Balaban J connectivity index is 4.58. The van der Waals surface area contributed by atoms with Gasteiger partial charge >= 0.3 is 0 Å². The van der Waals surface area contributed by atoms with Gasteiger partial charge in [-0.15, -0.1) is 8.93 Å². The van der Waals surface area contributed by atoms with Gasteiger partial charge in [0.25, 0.3) is 0 Å². The van der Waals surface area contributed by atoms with Gasteiger partial charge in [-0.2, -0.15) is 0 Å². The Morgan fingerprint density at radius 3 is 1.70 bits per heavy atom. The van der Waals surface area contributed by atoms with Crippen LogP contribution in [0.15, 0.2) is 0 Å². The summed E-state index contributed by atoms with van der Waals surface area (Å²) in [7, 11) is 2.86.